The highest BCUT2D eigenvalue weighted by atomic mass is 79.9. The number of benzene rings is 2. The van der Waals surface area contributed by atoms with Crippen molar-refractivity contribution in [1.29, 1.82) is 0 Å². The molecule has 0 aliphatic heterocycles. The lowest BCUT2D eigenvalue weighted by Crippen LogP contribution is -1.77. The summed E-state index contributed by atoms with van der Waals surface area (Å²) in [4.78, 5) is 0. The first kappa shape index (κ1) is 10.6. The fourth-order valence-corrected chi connectivity index (χ4v) is 1.67. The minimum absolute atomic E-state index is 0. The van der Waals surface area contributed by atoms with Gasteiger partial charge in [-0.2, -0.15) is 0 Å². The Morgan fingerprint density at radius 2 is 1.62 bits per heavy atom. The maximum Gasteiger partial charge on any atom is 0.0283 e. The standard InChI is InChI=1S/C11H9Br.ClH/c12-8-9-5-6-10-3-1-2-4-11(10)7-9;/h1-7H,8H2;1H. The van der Waals surface area contributed by atoms with E-state index in [1.165, 1.54) is 16.3 Å². The molecule has 0 aromatic heterocycles. The predicted molar refractivity (Wildman–Crippen MR) is 63.8 cm³/mol. The van der Waals surface area contributed by atoms with E-state index < -0.39 is 0 Å². The maximum absolute atomic E-state index is 3.44. The molecule has 0 heterocycles. The third-order valence-corrected chi connectivity index (χ3v) is 2.62. The molecule has 2 aromatic carbocycles. The topological polar surface area (TPSA) is 0 Å². The summed E-state index contributed by atoms with van der Waals surface area (Å²) in [5, 5.41) is 3.55. The number of alkyl halides is 1. The Morgan fingerprint density at radius 1 is 0.923 bits per heavy atom. The Hall–Kier alpha value is -0.530. The molecule has 2 heteroatoms. The molecular weight excluding hydrogens is 247 g/mol. The van der Waals surface area contributed by atoms with Gasteiger partial charge in [-0.3, -0.25) is 0 Å². The number of hydrogen-bond acceptors (Lipinski definition) is 0. The van der Waals surface area contributed by atoms with Gasteiger partial charge >= 0.3 is 0 Å². The van der Waals surface area contributed by atoms with Crippen LogP contribution in [-0.2, 0) is 5.33 Å². The van der Waals surface area contributed by atoms with Crippen LogP contribution in [0.15, 0.2) is 42.5 Å². The van der Waals surface area contributed by atoms with Crippen LogP contribution in [0.25, 0.3) is 10.8 Å². The minimum Gasteiger partial charge on any atom is -0.147 e. The molecule has 0 radical (unpaired) electrons. The first-order valence-electron chi connectivity index (χ1n) is 3.94. The average molecular weight is 258 g/mol. The molecule has 2 aromatic rings. The van der Waals surface area contributed by atoms with Crippen LogP contribution in [0.1, 0.15) is 5.56 Å². The summed E-state index contributed by atoms with van der Waals surface area (Å²) in [6.45, 7) is 0. The van der Waals surface area contributed by atoms with Crippen molar-refractivity contribution in [2.24, 2.45) is 0 Å². The van der Waals surface area contributed by atoms with Crippen LogP contribution in [0.3, 0.4) is 0 Å². The van der Waals surface area contributed by atoms with Gasteiger partial charge < -0.3 is 0 Å². The van der Waals surface area contributed by atoms with Crippen molar-refractivity contribution in [2.75, 3.05) is 0 Å². The average Bonchev–Trinajstić information content (AvgIpc) is 2.17. The highest BCUT2D eigenvalue weighted by Gasteiger charge is 1.92. The van der Waals surface area contributed by atoms with E-state index in [2.05, 4.69) is 58.4 Å². The summed E-state index contributed by atoms with van der Waals surface area (Å²) < 4.78 is 0. The zero-order chi connectivity index (χ0) is 8.39. The van der Waals surface area contributed by atoms with Gasteiger partial charge in [0, 0.05) is 5.33 Å². The second-order valence-corrected chi connectivity index (χ2v) is 3.38. The molecule has 2 rings (SSSR count). The SMILES string of the molecule is BrCc1ccc2ccccc2c1.Cl. The van der Waals surface area contributed by atoms with E-state index in [0.29, 0.717) is 0 Å². The Balaban J connectivity index is 0.000000845. The predicted octanol–water partition coefficient (Wildman–Crippen LogP) is 4.16. The number of halogens is 2. The second-order valence-electron chi connectivity index (χ2n) is 2.82. The smallest absolute Gasteiger partial charge is 0.0283 e. The van der Waals surface area contributed by atoms with E-state index in [-0.39, 0.29) is 12.4 Å². The Bertz CT molecular complexity index is 398. The van der Waals surface area contributed by atoms with Gasteiger partial charge in [0.05, 0.1) is 0 Å². The Morgan fingerprint density at radius 3 is 2.31 bits per heavy atom. The molecule has 0 bridgehead atoms. The van der Waals surface area contributed by atoms with Crippen LogP contribution in [0, 0.1) is 0 Å². The van der Waals surface area contributed by atoms with E-state index in [0.717, 1.165) is 5.33 Å². The fourth-order valence-electron chi connectivity index (χ4n) is 1.32. The molecule has 68 valence electrons. The van der Waals surface area contributed by atoms with Gasteiger partial charge in [0.2, 0.25) is 0 Å². The van der Waals surface area contributed by atoms with Crippen molar-refractivity contribution in [1.82, 2.24) is 0 Å². The van der Waals surface area contributed by atoms with Crippen LogP contribution >= 0.6 is 28.3 Å². The molecule has 0 fully saturated rings. The zero-order valence-corrected chi connectivity index (χ0v) is 9.44. The summed E-state index contributed by atoms with van der Waals surface area (Å²) in [6.07, 6.45) is 0. The first-order valence-corrected chi connectivity index (χ1v) is 5.06. The van der Waals surface area contributed by atoms with E-state index >= 15 is 0 Å². The Kier molecular flexibility index (Phi) is 3.76. The van der Waals surface area contributed by atoms with Crippen LogP contribution in [0.4, 0.5) is 0 Å². The van der Waals surface area contributed by atoms with Crippen molar-refractivity contribution < 1.29 is 0 Å². The molecule has 0 atom stereocenters. The molecule has 0 aliphatic rings. The molecule has 0 N–H and O–H groups in total. The van der Waals surface area contributed by atoms with Crippen molar-refractivity contribution in [3.8, 4) is 0 Å². The summed E-state index contributed by atoms with van der Waals surface area (Å²) >= 11 is 3.44. The third kappa shape index (κ3) is 2.23. The molecule has 0 saturated heterocycles. The van der Waals surface area contributed by atoms with Crippen molar-refractivity contribution in [2.45, 2.75) is 5.33 Å². The molecule has 0 aliphatic carbocycles. The lowest BCUT2D eigenvalue weighted by atomic mass is 10.1. The van der Waals surface area contributed by atoms with E-state index in [1.54, 1.807) is 0 Å². The van der Waals surface area contributed by atoms with Crippen molar-refractivity contribution in [3.05, 3.63) is 48.0 Å². The van der Waals surface area contributed by atoms with Gasteiger partial charge in [-0.15, -0.1) is 12.4 Å². The maximum atomic E-state index is 3.44. The second kappa shape index (κ2) is 4.64. The van der Waals surface area contributed by atoms with Crippen molar-refractivity contribution in [3.63, 3.8) is 0 Å². The third-order valence-electron chi connectivity index (χ3n) is 1.97. The van der Waals surface area contributed by atoms with E-state index in [1.807, 2.05) is 0 Å². The summed E-state index contributed by atoms with van der Waals surface area (Å²) in [6, 6.07) is 14.9. The van der Waals surface area contributed by atoms with E-state index in [4.69, 9.17) is 0 Å². The number of rotatable bonds is 1. The molecule has 0 spiro atoms. The van der Waals surface area contributed by atoms with Gasteiger partial charge in [-0.1, -0.05) is 58.4 Å². The quantitative estimate of drug-likeness (QED) is 0.673. The van der Waals surface area contributed by atoms with Gasteiger partial charge in [0.15, 0.2) is 0 Å². The first-order chi connectivity index (χ1) is 5.90. The summed E-state index contributed by atoms with van der Waals surface area (Å²) in [5.41, 5.74) is 1.33. The molecule has 13 heavy (non-hydrogen) atoms. The van der Waals surface area contributed by atoms with Crippen LogP contribution < -0.4 is 0 Å². The highest BCUT2D eigenvalue weighted by molar-refractivity contribution is 9.08. The highest BCUT2D eigenvalue weighted by Crippen LogP contribution is 2.16. The molecule has 0 amide bonds. The van der Waals surface area contributed by atoms with Gasteiger partial charge in [0.25, 0.3) is 0 Å². The zero-order valence-electron chi connectivity index (χ0n) is 7.03. The van der Waals surface area contributed by atoms with Crippen LogP contribution in [0.2, 0.25) is 0 Å². The number of hydrogen-bond donors (Lipinski definition) is 0. The van der Waals surface area contributed by atoms with Gasteiger partial charge in [0.1, 0.15) is 0 Å². The fraction of sp³-hybridized carbons (Fsp3) is 0.0909. The monoisotopic (exact) mass is 256 g/mol. The lowest BCUT2D eigenvalue weighted by Gasteiger charge is -1.98. The van der Waals surface area contributed by atoms with Gasteiger partial charge in [-0.05, 0) is 16.3 Å². The molecule has 0 saturated carbocycles. The van der Waals surface area contributed by atoms with Gasteiger partial charge in [-0.25, -0.2) is 0 Å². The minimum atomic E-state index is 0. The largest absolute Gasteiger partial charge is 0.147 e. The summed E-state index contributed by atoms with van der Waals surface area (Å²) in [5.74, 6) is 0. The summed E-state index contributed by atoms with van der Waals surface area (Å²) in [7, 11) is 0. The number of fused-ring (bicyclic) bond motifs is 1. The Labute approximate surface area is 92.5 Å². The van der Waals surface area contributed by atoms with E-state index in [9.17, 15) is 0 Å². The van der Waals surface area contributed by atoms with Crippen LogP contribution in [-0.4, -0.2) is 0 Å². The molecule has 0 unspecified atom stereocenters. The molecular formula is C11H10BrCl. The van der Waals surface area contributed by atoms with Crippen molar-refractivity contribution >= 4 is 39.1 Å². The normalized spacial score (nSPS) is 9.62. The van der Waals surface area contributed by atoms with Crippen LogP contribution in [0.5, 0.6) is 0 Å². The molecule has 0 nitrogen and oxygen atoms in total. The lowest BCUT2D eigenvalue weighted by molar-refractivity contribution is 1.47.